The number of nitrogens with zero attached hydrogens (tertiary/aromatic N) is 1. The predicted molar refractivity (Wildman–Crippen MR) is 75.0 cm³/mol. The van der Waals surface area contributed by atoms with Gasteiger partial charge in [-0.1, -0.05) is 12.1 Å². The summed E-state index contributed by atoms with van der Waals surface area (Å²) in [6.45, 7) is 1.87. The number of carbonyl (C=O) groups is 1. The van der Waals surface area contributed by atoms with Gasteiger partial charge < -0.3 is 5.32 Å². The third kappa shape index (κ3) is 3.34. The van der Waals surface area contributed by atoms with Gasteiger partial charge in [-0.3, -0.25) is 9.78 Å². The second-order valence-electron chi connectivity index (χ2n) is 4.03. The summed E-state index contributed by atoms with van der Waals surface area (Å²) in [5, 5.41) is 2.85. The lowest BCUT2D eigenvalue weighted by Crippen LogP contribution is -2.15. The maximum Gasteiger partial charge on any atom is 0.228 e. The Morgan fingerprint density at radius 1 is 1.28 bits per heavy atom. The number of pyridine rings is 1. The SMILES string of the molecule is Cc1ncccc1NC(=O)Cc1ccc(S)cc1. The van der Waals surface area contributed by atoms with Crippen molar-refractivity contribution in [2.24, 2.45) is 0 Å². The normalized spacial score (nSPS) is 10.1. The minimum absolute atomic E-state index is 0.0435. The van der Waals surface area contributed by atoms with Crippen LogP contribution in [0.15, 0.2) is 47.5 Å². The highest BCUT2D eigenvalue weighted by Crippen LogP contribution is 2.12. The number of aryl methyl sites for hydroxylation is 1. The van der Waals surface area contributed by atoms with Gasteiger partial charge in [0.15, 0.2) is 0 Å². The molecule has 2 rings (SSSR count). The van der Waals surface area contributed by atoms with Gasteiger partial charge in [-0.25, -0.2) is 0 Å². The van der Waals surface area contributed by atoms with Gasteiger partial charge in [0.25, 0.3) is 0 Å². The molecule has 2 aromatic rings. The summed E-state index contributed by atoms with van der Waals surface area (Å²) in [5.74, 6) is -0.0435. The van der Waals surface area contributed by atoms with E-state index in [1.807, 2.05) is 37.3 Å². The van der Waals surface area contributed by atoms with Crippen molar-refractivity contribution in [1.82, 2.24) is 4.98 Å². The molecule has 0 saturated carbocycles. The first-order valence-electron chi connectivity index (χ1n) is 5.64. The van der Waals surface area contributed by atoms with Gasteiger partial charge in [-0.2, -0.15) is 0 Å². The van der Waals surface area contributed by atoms with Crippen molar-refractivity contribution in [3.63, 3.8) is 0 Å². The summed E-state index contributed by atoms with van der Waals surface area (Å²) in [6, 6.07) is 11.2. The highest BCUT2D eigenvalue weighted by Gasteiger charge is 2.05. The molecule has 18 heavy (non-hydrogen) atoms. The van der Waals surface area contributed by atoms with Gasteiger partial charge in [0.05, 0.1) is 17.8 Å². The van der Waals surface area contributed by atoms with Crippen molar-refractivity contribution in [1.29, 1.82) is 0 Å². The van der Waals surface area contributed by atoms with E-state index < -0.39 is 0 Å². The van der Waals surface area contributed by atoms with Crippen LogP contribution >= 0.6 is 12.6 Å². The monoisotopic (exact) mass is 258 g/mol. The van der Waals surface area contributed by atoms with Gasteiger partial charge in [-0.15, -0.1) is 12.6 Å². The number of aromatic nitrogens is 1. The number of anilines is 1. The molecule has 0 atom stereocenters. The largest absolute Gasteiger partial charge is 0.324 e. The third-order valence-electron chi connectivity index (χ3n) is 2.58. The van der Waals surface area contributed by atoms with E-state index in [1.54, 1.807) is 12.3 Å². The van der Waals surface area contributed by atoms with Crippen LogP contribution < -0.4 is 5.32 Å². The van der Waals surface area contributed by atoms with E-state index in [0.29, 0.717) is 6.42 Å². The Hall–Kier alpha value is -1.81. The molecule has 1 N–H and O–H groups in total. The first-order valence-corrected chi connectivity index (χ1v) is 6.09. The average Bonchev–Trinajstić information content (AvgIpc) is 2.35. The molecule has 92 valence electrons. The minimum atomic E-state index is -0.0435. The van der Waals surface area contributed by atoms with E-state index >= 15 is 0 Å². The summed E-state index contributed by atoms with van der Waals surface area (Å²) in [5.41, 5.74) is 2.54. The van der Waals surface area contributed by atoms with Crippen molar-refractivity contribution in [2.75, 3.05) is 5.32 Å². The average molecular weight is 258 g/mol. The van der Waals surface area contributed by atoms with E-state index in [-0.39, 0.29) is 5.91 Å². The number of hydrogen-bond donors (Lipinski definition) is 2. The highest BCUT2D eigenvalue weighted by atomic mass is 32.1. The Labute approximate surface area is 112 Å². The quantitative estimate of drug-likeness (QED) is 0.831. The Balaban J connectivity index is 2.01. The zero-order chi connectivity index (χ0) is 13.0. The molecule has 0 aliphatic heterocycles. The van der Waals surface area contributed by atoms with E-state index in [9.17, 15) is 4.79 Å². The maximum absolute atomic E-state index is 11.9. The van der Waals surface area contributed by atoms with Crippen molar-refractivity contribution in [3.8, 4) is 0 Å². The van der Waals surface area contributed by atoms with E-state index in [0.717, 1.165) is 21.8 Å². The molecule has 0 fully saturated rings. The second kappa shape index (κ2) is 5.69. The first kappa shape index (κ1) is 12.6. The molecule has 1 aromatic carbocycles. The Kier molecular flexibility index (Phi) is 3.99. The Bertz CT molecular complexity index is 552. The Morgan fingerprint density at radius 3 is 2.67 bits per heavy atom. The van der Waals surface area contributed by atoms with Crippen LogP contribution in [-0.2, 0) is 11.2 Å². The van der Waals surface area contributed by atoms with Crippen LogP contribution in [0.3, 0.4) is 0 Å². The molecule has 1 aromatic heterocycles. The van der Waals surface area contributed by atoms with Crippen LogP contribution in [0, 0.1) is 6.92 Å². The van der Waals surface area contributed by atoms with Gasteiger partial charge in [0.2, 0.25) is 5.91 Å². The fraction of sp³-hybridized carbons (Fsp3) is 0.143. The zero-order valence-electron chi connectivity index (χ0n) is 10.1. The number of benzene rings is 1. The summed E-state index contributed by atoms with van der Waals surface area (Å²) in [4.78, 5) is 16.9. The van der Waals surface area contributed by atoms with Crippen molar-refractivity contribution >= 4 is 24.2 Å². The third-order valence-corrected chi connectivity index (χ3v) is 2.88. The molecule has 0 saturated heterocycles. The molecule has 0 aliphatic carbocycles. The van der Waals surface area contributed by atoms with Crippen LogP contribution in [0.1, 0.15) is 11.3 Å². The zero-order valence-corrected chi connectivity index (χ0v) is 10.9. The highest BCUT2D eigenvalue weighted by molar-refractivity contribution is 7.80. The van der Waals surface area contributed by atoms with Crippen LogP contribution in [0.2, 0.25) is 0 Å². The van der Waals surface area contributed by atoms with Crippen LogP contribution in [0.25, 0.3) is 0 Å². The maximum atomic E-state index is 11.9. The number of hydrogen-bond acceptors (Lipinski definition) is 3. The van der Waals surface area contributed by atoms with Crippen molar-refractivity contribution in [3.05, 3.63) is 53.9 Å². The fourth-order valence-corrected chi connectivity index (χ4v) is 1.76. The van der Waals surface area contributed by atoms with Crippen LogP contribution in [-0.4, -0.2) is 10.9 Å². The van der Waals surface area contributed by atoms with Crippen LogP contribution in [0.5, 0.6) is 0 Å². The molecule has 0 unspecified atom stereocenters. The lowest BCUT2D eigenvalue weighted by atomic mass is 10.1. The first-order chi connectivity index (χ1) is 8.65. The minimum Gasteiger partial charge on any atom is -0.324 e. The van der Waals surface area contributed by atoms with Crippen molar-refractivity contribution < 1.29 is 4.79 Å². The van der Waals surface area contributed by atoms with Gasteiger partial charge in [0.1, 0.15) is 0 Å². The fourth-order valence-electron chi connectivity index (χ4n) is 1.61. The smallest absolute Gasteiger partial charge is 0.228 e. The molecular formula is C14H14N2OS. The molecule has 1 amide bonds. The number of thiol groups is 1. The lowest BCUT2D eigenvalue weighted by Gasteiger charge is -2.07. The molecule has 1 heterocycles. The van der Waals surface area contributed by atoms with Gasteiger partial charge in [-0.05, 0) is 36.8 Å². The molecule has 0 aliphatic rings. The summed E-state index contributed by atoms with van der Waals surface area (Å²) < 4.78 is 0. The molecule has 0 radical (unpaired) electrons. The van der Waals surface area contributed by atoms with Crippen molar-refractivity contribution in [2.45, 2.75) is 18.2 Å². The van der Waals surface area contributed by atoms with Gasteiger partial charge >= 0.3 is 0 Å². The summed E-state index contributed by atoms with van der Waals surface area (Å²) in [7, 11) is 0. The van der Waals surface area contributed by atoms with Gasteiger partial charge in [0, 0.05) is 11.1 Å². The summed E-state index contributed by atoms with van der Waals surface area (Å²) >= 11 is 4.21. The lowest BCUT2D eigenvalue weighted by molar-refractivity contribution is -0.115. The number of carbonyl (C=O) groups excluding carboxylic acids is 1. The number of rotatable bonds is 3. The van der Waals surface area contributed by atoms with E-state index in [2.05, 4.69) is 22.9 Å². The molecule has 3 nitrogen and oxygen atoms in total. The molecule has 0 spiro atoms. The molecule has 4 heteroatoms. The Morgan fingerprint density at radius 2 is 2.00 bits per heavy atom. The van der Waals surface area contributed by atoms with E-state index in [1.165, 1.54) is 0 Å². The number of nitrogens with one attached hydrogen (secondary N) is 1. The topological polar surface area (TPSA) is 42.0 Å². The van der Waals surface area contributed by atoms with Crippen LogP contribution in [0.4, 0.5) is 5.69 Å². The molecule has 0 bridgehead atoms. The number of amides is 1. The standard InChI is InChI=1S/C14H14N2OS/c1-10-13(3-2-8-15-10)16-14(17)9-11-4-6-12(18)7-5-11/h2-8,18H,9H2,1H3,(H,16,17). The predicted octanol–water partition coefficient (Wildman–Crippen LogP) is 2.86. The van der Waals surface area contributed by atoms with E-state index in [4.69, 9.17) is 0 Å². The molecular weight excluding hydrogens is 244 g/mol. The second-order valence-corrected chi connectivity index (χ2v) is 4.54. The summed E-state index contributed by atoms with van der Waals surface area (Å²) in [6.07, 6.45) is 2.05.